The summed E-state index contributed by atoms with van der Waals surface area (Å²) in [5.41, 5.74) is 10.0. The maximum Gasteiger partial charge on any atom is 0.330 e. The van der Waals surface area contributed by atoms with Crippen molar-refractivity contribution in [3.8, 4) is 5.75 Å². The molecule has 5 N–H and O–H groups in total. The largest absolute Gasteiger partial charge is 0.505 e. The van der Waals surface area contributed by atoms with Gasteiger partial charge in [-0.25, -0.2) is 4.79 Å². The molecule has 0 aliphatic rings. The zero-order valence-electron chi connectivity index (χ0n) is 8.40. The molecule has 0 aliphatic heterocycles. The molecule has 2 aromatic carbocycles. The second kappa shape index (κ2) is 3.98. The minimum Gasteiger partial charge on any atom is -0.505 e. The second-order valence-electron chi connectivity index (χ2n) is 3.30. The Morgan fingerprint density at radius 1 is 1.19 bits per heavy atom. The van der Waals surface area contributed by atoms with Gasteiger partial charge in [0.2, 0.25) is 0 Å². The van der Waals surface area contributed by atoms with Crippen molar-refractivity contribution in [3.63, 3.8) is 0 Å². The molecule has 0 saturated heterocycles. The Hall–Kier alpha value is -2.43. The SMILES string of the molecule is NC(=O)NNc1ccc2ccccc2c1O. The van der Waals surface area contributed by atoms with Gasteiger partial charge in [0.25, 0.3) is 0 Å². The van der Waals surface area contributed by atoms with E-state index in [1.54, 1.807) is 12.1 Å². The number of phenolic OH excluding ortho intramolecular Hbond substituents is 1. The number of hydrogen-bond acceptors (Lipinski definition) is 3. The van der Waals surface area contributed by atoms with Crippen molar-refractivity contribution in [2.24, 2.45) is 5.73 Å². The maximum absolute atomic E-state index is 10.5. The van der Waals surface area contributed by atoms with Gasteiger partial charge < -0.3 is 10.8 Å². The van der Waals surface area contributed by atoms with Gasteiger partial charge >= 0.3 is 6.03 Å². The van der Waals surface area contributed by atoms with Gasteiger partial charge in [0.05, 0.1) is 5.69 Å². The van der Waals surface area contributed by atoms with Gasteiger partial charge in [0.15, 0.2) is 0 Å². The van der Waals surface area contributed by atoms with Crippen LogP contribution in [0.5, 0.6) is 5.75 Å². The monoisotopic (exact) mass is 217 g/mol. The molecule has 0 aliphatic carbocycles. The summed E-state index contributed by atoms with van der Waals surface area (Å²) in [6.45, 7) is 0. The molecule has 0 heterocycles. The van der Waals surface area contributed by atoms with Crippen LogP contribution in [0.3, 0.4) is 0 Å². The Morgan fingerprint density at radius 3 is 2.69 bits per heavy atom. The first-order valence-electron chi connectivity index (χ1n) is 4.70. The van der Waals surface area contributed by atoms with Gasteiger partial charge in [-0.1, -0.05) is 30.3 Å². The molecule has 16 heavy (non-hydrogen) atoms. The average Bonchev–Trinajstić information content (AvgIpc) is 2.28. The van der Waals surface area contributed by atoms with Crippen molar-refractivity contribution in [2.75, 3.05) is 5.43 Å². The molecule has 0 aromatic heterocycles. The first-order chi connectivity index (χ1) is 7.68. The smallest absolute Gasteiger partial charge is 0.330 e. The van der Waals surface area contributed by atoms with Crippen LogP contribution in [0, 0.1) is 0 Å². The number of urea groups is 1. The second-order valence-corrected chi connectivity index (χ2v) is 3.30. The van der Waals surface area contributed by atoms with Crippen LogP contribution >= 0.6 is 0 Å². The number of fused-ring (bicyclic) bond motifs is 1. The number of amides is 2. The minimum atomic E-state index is -0.715. The van der Waals surface area contributed by atoms with E-state index >= 15 is 0 Å². The van der Waals surface area contributed by atoms with Crippen molar-refractivity contribution in [3.05, 3.63) is 36.4 Å². The summed E-state index contributed by atoms with van der Waals surface area (Å²) in [4.78, 5) is 10.5. The standard InChI is InChI=1S/C11H11N3O2/c12-11(16)14-13-9-6-5-7-3-1-2-4-8(7)10(9)15/h1-6,13,15H,(H3,12,14,16). The highest BCUT2D eigenvalue weighted by Crippen LogP contribution is 2.31. The predicted molar refractivity (Wildman–Crippen MR) is 62.0 cm³/mol. The van der Waals surface area contributed by atoms with Gasteiger partial charge in [-0.2, -0.15) is 0 Å². The van der Waals surface area contributed by atoms with Gasteiger partial charge in [0.1, 0.15) is 5.75 Å². The lowest BCUT2D eigenvalue weighted by atomic mass is 10.1. The van der Waals surface area contributed by atoms with E-state index in [2.05, 4.69) is 10.9 Å². The maximum atomic E-state index is 10.5. The van der Waals surface area contributed by atoms with E-state index in [0.29, 0.717) is 11.1 Å². The Morgan fingerprint density at radius 2 is 1.94 bits per heavy atom. The quantitative estimate of drug-likeness (QED) is 0.454. The molecule has 0 atom stereocenters. The molecule has 0 radical (unpaired) electrons. The number of hydrazine groups is 1. The summed E-state index contributed by atoms with van der Waals surface area (Å²) in [6.07, 6.45) is 0. The highest BCUT2D eigenvalue weighted by molar-refractivity contribution is 5.93. The van der Waals surface area contributed by atoms with Crippen LogP contribution in [0.2, 0.25) is 0 Å². The third-order valence-electron chi connectivity index (χ3n) is 2.22. The van der Waals surface area contributed by atoms with Gasteiger partial charge in [-0.05, 0) is 11.5 Å². The van der Waals surface area contributed by atoms with Crippen LogP contribution in [0.1, 0.15) is 0 Å². The highest BCUT2D eigenvalue weighted by atomic mass is 16.3. The van der Waals surface area contributed by atoms with Gasteiger partial charge in [-0.15, -0.1) is 0 Å². The molecule has 0 saturated carbocycles. The molecular weight excluding hydrogens is 206 g/mol. The first kappa shape index (κ1) is 10.1. The van der Waals surface area contributed by atoms with E-state index in [1.165, 1.54) is 0 Å². The Kier molecular flexibility index (Phi) is 2.51. The van der Waals surface area contributed by atoms with E-state index in [4.69, 9.17) is 5.73 Å². The summed E-state index contributed by atoms with van der Waals surface area (Å²) >= 11 is 0. The topological polar surface area (TPSA) is 87.4 Å². The molecule has 2 aromatic rings. The fourth-order valence-corrected chi connectivity index (χ4v) is 1.48. The summed E-state index contributed by atoms with van der Waals surface area (Å²) in [7, 11) is 0. The van der Waals surface area contributed by atoms with E-state index in [1.807, 2.05) is 24.3 Å². The number of carbonyl (C=O) groups is 1. The third kappa shape index (κ3) is 1.83. The van der Waals surface area contributed by atoms with E-state index in [-0.39, 0.29) is 5.75 Å². The molecule has 0 spiro atoms. The van der Waals surface area contributed by atoms with Crippen LogP contribution in [-0.4, -0.2) is 11.1 Å². The van der Waals surface area contributed by atoms with Crippen molar-refractivity contribution in [1.82, 2.24) is 5.43 Å². The fraction of sp³-hybridized carbons (Fsp3) is 0. The number of anilines is 1. The molecule has 0 fully saturated rings. The number of phenols is 1. The summed E-state index contributed by atoms with van der Waals surface area (Å²) in [5, 5.41) is 11.5. The van der Waals surface area contributed by atoms with Crippen LogP contribution in [0.25, 0.3) is 10.8 Å². The summed E-state index contributed by atoms with van der Waals surface area (Å²) < 4.78 is 0. The lowest BCUT2D eigenvalue weighted by molar-refractivity contribution is 0.250. The molecule has 2 amide bonds. The lowest BCUT2D eigenvalue weighted by Crippen LogP contribution is -2.34. The Labute approximate surface area is 91.8 Å². The number of nitrogens with two attached hydrogens (primary N) is 1. The first-order valence-corrected chi connectivity index (χ1v) is 4.70. The molecule has 5 nitrogen and oxygen atoms in total. The predicted octanol–water partition coefficient (Wildman–Crippen LogP) is 1.54. The molecular formula is C11H11N3O2. The molecule has 0 unspecified atom stereocenters. The van der Waals surface area contributed by atoms with E-state index in [9.17, 15) is 9.90 Å². The highest BCUT2D eigenvalue weighted by Gasteiger charge is 2.05. The fourth-order valence-electron chi connectivity index (χ4n) is 1.48. The zero-order valence-corrected chi connectivity index (χ0v) is 8.40. The van der Waals surface area contributed by atoms with Crippen molar-refractivity contribution in [1.29, 1.82) is 0 Å². The van der Waals surface area contributed by atoms with Gasteiger partial charge in [0, 0.05) is 5.39 Å². The molecule has 5 heteroatoms. The third-order valence-corrected chi connectivity index (χ3v) is 2.22. The average molecular weight is 217 g/mol. The molecule has 0 bridgehead atoms. The summed E-state index contributed by atoms with van der Waals surface area (Å²) in [6, 6.07) is 10.2. The number of rotatable bonds is 2. The Balaban J connectivity index is 2.40. The zero-order chi connectivity index (χ0) is 11.5. The molecule has 2 rings (SSSR count). The normalized spacial score (nSPS) is 10.0. The Bertz CT molecular complexity index is 540. The number of hydrogen-bond donors (Lipinski definition) is 4. The van der Waals surface area contributed by atoms with Crippen LogP contribution in [-0.2, 0) is 0 Å². The number of aromatic hydroxyl groups is 1. The number of carbonyl (C=O) groups excluding carboxylic acids is 1. The summed E-state index contributed by atoms with van der Waals surface area (Å²) in [5.74, 6) is 0.0758. The van der Waals surface area contributed by atoms with Crippen molar-refractivity contribution in [2.45, 2.75) is 0 Å². The minimum absolute atomic E-state index is 0.0758. The van der Waals surface area contributed by atoms with Crippen LogP contribution in [0.4, 0.5) is 10.5 Å². The van der Waals surface area contributed by atoms with Crippen LogP contribution in [0.15, 0.2) is 36.4 Å². The van der Waals surface area contributed by atoms with Crippen LogP contribution < -0.4 is 16.6 Å². The number of primary amides is 1. The van der Waals surface area contributed by atoms with Crippen molar-refractivity contribution >= 4 is 22.5 Å². The van der Waals surface area contributed by atoms with E-state index < -0.39 is 6.03 Å². The molecule has 82 valence electrons. The number of benzene rings is 2. The van der Waals surface area contributed by atoms with E-state index in [0.717, 1.165) is 5.39 Å². The van der Waals surface area contributed by atoms with Gasteiger partial charge in [-0.3, -0.25) is 10.9 Å². The lowest BCUT2D eigenvalue weighted by Gasteiger charge is -2.10. The number of nitrogens with one attached hydrogen (secondary N) is 2. The van der Waals surface area contributed by atoms with Crippen molar-refractivity contribution < 1.29 is 9.90 Å².